The molecule has 0 amide bonds. The minimum atomic E-state index is -0.668. The van der Waals surface area contributed by atoms with Crippen LogP contribution in [0, 0.1) is 5.92 Å². The lowest BCUT2D eigenvalue weighted by Crippen LogP contribution is -2.08. The third-order valence-corrected chi connectivity index (χ3v) is 2.42. The number of carboxylic acids is 1. The zero-order chi connectivity index (χ0) is 10.8. The molecule has 0 aromatic rings. The van der Waals surface area contributed by atoms with E-state index in [1.165, 1.54) is 12.8 Å². The highest BCUT2D eigenvalue weighted by Crippen LogP contribution is 2.11. The van der Waals surface area contributed by atoms with Crippen LogP contribution in [0.1, 0.15) is 52.4 Å². The molecule has 0 aromatic heterocycles. The lowest BCUT2D eigenvalue weighted by Gasteiger charge is -2.04. The van der Waals surface area contributed by atoms with E-state index < -0.39 is 5.97 Å². The zero-order valence-corrected chi connectivity index (χ0v) is 9.33. The Morgan fingerprint density at radius 2 is 1.93 bits per heavy atom. The molecular formula is C12H22O2. The van der Waals surface area contributed by atoms with Crippen LogP contribution in [-0.4, -0.2) is 11.1 Å². The van der Waals surface area contributed by atoms with Gasteiger partial charge in [-0.2, -0.15) is 0 Å². The number of carbonyl (C=O) groups is 1. The van der Waals surface area contributed by atoms with Gasteiger partial charge in [-0.3, -0.25) is 4.79 Å². The Bertz CT molecular complexity index is 173. The summed E-state index contributed by atoms with van der Waals surface area (Å²) in [7, 11) is 0. The van der Waals surface area contributed by atoms with Gasteiger partial charge in [0, 0.05) is 0 Å². The summed E-state index contributed by atoms with van der Waals surface area (Å²) >= 11 is 0. The highest BCUT2D eigenvalue weighted by atomic mass is 16.4. The largest absolute Gasteiger partial charge is 0.481 e. The zero-order valence-electron chi connectivity index (χ0n) is 9.33. The second-order valence-electron chi connectivity index (χ2n) is 3.80. The Balaban J connectivity index is 3.17. The topological polar surface area (TPSA) is 37.3 Å². The van der Waals surface area contributed by atoms with Gasteiger partial charge in [0.2, 0.25) is 0 Å². The van der Waals surface area contributed by atoms with Gasteiger partial charge in [-0.1, -0.05) is 38.3 Å². The summed E-state index contributed by atoms with van der Waals surface area (Å²) in [4.78, 5) is 10.5. The first-order valence-corrected chi connectivity index (χ1v) is 5.52. The number of aliphatic carboxylic acids is 1. The molecule has 14 heavy (non-hydrogen) atoms. The van der Waals surface area contributed by atoms with Crippen molar-refractivity contribution in [3.63, 3.8) is 0 Å². The molecule has 2 nitrogen and oxygen atoms in total. The molecule has 1 atom stereocenters. The molecule has 82 valence electrons. The molecule has 1 N–H and O–H groups in total. The van der Waals surface area contributed by atoms with Crippen molar-refractivity contribution in [3.05, 3.63) is 12.2 Å². The monoisotopic (exact) mass is 198 g/mol. The molecule has 0 aliphatic rings. The molecule has 0 aliphatic carbocycles. The van der Waals surface area contributed by atoms with E-state index in [2.05, 4.69) is 12.2 Å². The van der Waals surface area contributed by atoms with Crippen molar-refractivity contribution in [2.45, 2.75) is 52.4 Å². The lowest BCUT2D eigenvalue weighted by molar-refractivity contribution is -0.141. The van der Waals surface area contributed by atoms with Gasteiger partial charge < -0.3 is 5.11 Å². The van der Waals surface area contributed by atoms with Gasteiger partial charge in [0.15, 0.2) is 0 Å². The second kappa shape index (κ2) is 8.79. The molecule has 0 radical (unpaired) electrons. The summed E-state index contributed by atoms with van der Waals surface area (Å²) in [6.07, 6.45) is 10.9. The Kier molecular flexibility index (Phi) is 8.30. The standard InChI is InChI=1S/C12H22O2/c1-3-4-5-6-7-8-9-10-11(2)12(13)14/h3-4,11H,5-10H2,1-2H3,(H,13,14). The Morgan fingerprint density at radius 3 is 2.50 bits per heavy atom. The van der Waals surface area contributed by atoms with Crippen molar-refractivity contribution in [1.29, 1.82) is 0 Å². The fourth-order valence-electron chi connectivity index (χ4n) is 1.36. The summed E-state index contributed by atoms with van der Waals surface area (Å²) in [5.41, 5.74) is 0. The van der Waals surface area contributed by atoms with Crippen molar-refractivity contribution in [1.82, 2.24) is 0 Å². The number of allylic oxidation sites excluding steroid dienone is 2. The van der Waals surface area contributed by atoms with Crippen molar-refractivity contribution >= 4 is 5.97 Å². The second-order valence-corrected chi connectivity index (χ2v) is 3.80. The molecule has 0 rings (SSSR count). The van der Waals surface area contributed by atoms with E-state index in [1.54, 1.807) is 6.92 Å². The average Bonchev–Trinajstić information content (AvgIpc) is 2.16. The van der Waals surface area contributed by atoms with Crippen LogP contribution in [0.15, 0.2) is 12.2 Å². The van der Waals surface area contributed by atoms with Crippen LogP contribution in [-0.2, 0) is 4.79 Å². The molecule has 0 fully saturated rings. The number of rotatable bonds is 8. The normalized spacial score (nSPS) is 13.3. The van der Waals surface area contributed by atoms with Crippen LogP contribution in [0.2, 0.25) is 0 Å². The minimum Gasteiger partial charge on any atom is -0.481 e. The van der Waals surface area contributed by atoms with Crippen LogP contribution in [0.25, 0.3) is 0 Å². The van der Waals surface area contributed by atoms with Crippen LogP contribution in [0.5, 0.6) is 0 Å². The molecule has 0 saturated carbocycles. The summed E-state index contributed by atoms with van der Waals surface area (Å²) in [6, 6.07) is 0. The summed E-state index contributed by atoms with van der Waals surface area (Å²) in [5.74, 6) is -0.843. The van der Waals surface area contributed by atoms with E-state index >= 15 is 0 Å². The molecule has 2 heteroatoms. The maximum absolute atomic E-state index is 10.5. The van der Waals surface area contributed by atoms with E-state index in [-0.39, 0.29) is 5.92 Å². The maximum atomic E-state index is 10.5. The predicted octanol–water partition coefficient (Wildman–Crippen LogP) is 3.62. The van der Waals surface area contributed by atoms with E-state index in [4.69, 9.17) is 5.11 Å². The fourth-order valence-corrected chi connectivity index (χ4v) is 1.36. The Hall–Kier alpha value is -0.790. The van der Waals surface area contributed by atoms with E-state index in [0.29, 0.717) is 0 Å². The highest BCUT2D eigenvalue weighted by Gasteiger charge is 2.08. The third-order valence-electron chi connectivity index (χ3n) is 2.42. The molecule has 0 heterocycles. The van der Waals surface area contributed by atoms with Gasteiger partial charge >= 0.3 is 5.97 Å². The van der Waals surface area contributed by atoms with Crippen LogP contribution in [0.4, 0.5) is 0 Å². The van der Waals surface area contributed by atoms with Crippen molar-refractivity contribution in [2.75, 3.05) is 0 Å². The van der Waals surface area contributed by atoms with Crippen molar-refractivity contribution in [3.8, 4) is 0 Å². The van der Waals surface area contributed by atoms with E-state index in [9.17, 15) is 4.79 Å². The summed E-state index contributed by atoms with van der Waals surface area (Å²) < 4.78 is 0. The molecule has 0 aromatic carbocycles. The van der Waals surface area contributed by atoms with Gasteiger partial charge in [-0.25, -0.2) is 0 Å². The first-order chi connectivity index (χ1) is 6.68. The van der Waals surface area contributed by atoms with E-state index in [1.807, 2.05) is 6.92 Å². The molecule has 1 unspecified atom stereocenters. The number of unbranched alkanes of at least 4 members (excludes halogenated alkanes) is 4. The molecule has 0 saturated heterocycles. The smallest absolute Gasteiger partial charge is 0.306 e. The van der Waals surface area contributed by atoms with Crippen LogP contribution < -0.4 is 0 Å². The molecule has 0 aliphatic heterocycles. The number of hydrogen-bond donors (Lipinski definition) is 1. The third kappa shape index (κ3) is 7.84. The van der Waals surface area contributed by atoms with Gasteiger partial charge in [-0.05, 0) is 26.2 Å². The minimum absolute atomic E-state index is 0.175. The Labute approximate surface area is 87.0 Å². The van der Waals surface area contributed by atoms with E-state index in [0.717, 1.165) is 25.7 Å². The quantitative estimate of drug-likeness (QED) is 0.477. The lowest BCUT2D eigenvalue weighted by atomic mass is 10.0. The SMILES string of the molecule is CC=CCCCCCCC(C)C(=O)O. The molecule has 0 bridgehead atoms. The number of carboxylic acid groups (broad SMARTS) is 1. The first kappa shape index (κ1) is 13.2. The Morgan fingerprint density at radius 1 is 1.29 bits per heavy atom. The fraction of sp³-hybridized carbons (Fsp3) is 0.750. The average molecular weight is 198 g/mol. The predicted molar refractivity (Wildman–Crippen MR) is 59.3 cm³/mol. The molecule has 0 spiro atoms. The van der Waals surface area contributed by atoms with Crippen molar-refractivity contribution < 1.29 is 9.90 Å². The summed E-state index contributed by atoms with van der Waals surface area (Å²) in [5, 5.41) is 8.65. The number of hydrogen-bond acceptors (Lipinski definition) is 1. The highest BCUT2D eigenvalue weighted by molar-refractivity contribution is 5.69. The summed E-state index contributed by atoms with van der Waals surface area (Å²) in [6.45, 7) is 3.82. The van der Waals surface area contributed by atoms with Gasteiger partial charge in [-0.15, -0.1) is 0 Å². The van der Waals surface area contributed by atoms with Gasteiger partial charge in [0.1, 0.15) is 0 Å². The van der Waals surface area contributed by atoms with Gasteiger partial charge in [0.05, 0.1) is 5.92 Å². The van der Waals surface area contributed by atoms with Crippen LogP contribution in [0.3, 0.4) is 0 Å². The first-order valence-electron chi connectivity index (χ1n) is 5.52. The molecular weight excluding hydrogens is 176 g/mol. The van der Waals surface area contributed by atoms with Gasteiger partial charge in [0.25, 0.3) is 0 Å². The maximum Gasteiger partial charge on any atom is 0.306 e. The van der Waals surface area contributed by atoms with Crippen LogP contribution >= 0.6 is 0 Å². The van der Waals surface area contributed by atoms with Crippen molar-refractivity contribution in [2.24, 2.45) is 5.92 Å².